The van der Waals surface area contributed by atoms with Crippen LogP contribution in [0, 0.1) is 13.8 Å². The SMILES string of the molecule is Cc1cc(C)cc(NC(O)Cc2ccc(OC(C)(C)C(=O)O)cc2)c1. The molecule has 5 heteroatoms. The highest BCUT2D eigenvalue weighted by atomic mass is 16.5. The Bertz CT molecular complexity index is 718. The van der Waals surface area contributed by atoms with Crippen LogP contribution in [0.1, 0.15) is 30.5 Å². The van der Waals surface area contributed by atoms with Crippen molar-refractivity contribution in [3.8, 4) is 5.75 Å². The van der Waals surface area contributed by atoms with Gasteiger partial charge in [-0.05, 0) is 68.7 Å². The van der Waals surface area contributed by atoms with Gasteiger partial charge in [0.1, 0.15) is 12.0 Å². The van der Waals surface area contributed by atoms with Crippen LogP contribution in [0.3, 0.4) is 0 Å². The number of hydrogen-bond acceptors (Lipinski definition) is 4. The van der Waals surface area contributed by atoms with Crippen molar-refractivity contribution in [1.82, 2.24) is 0 Å². The molecule has 0 radical (unpaired) electrons. The van der Waals surface area contributed by atoms with E-state index in [0.29, 0.717) is 12.2 Å². The fourth-order valence-corrected chi connectivity index (χ4v) is 2.56. The van der Waals surface area contributed by atoms with Gasteiger partial charge in [-0.25, -0.2) is 4.79 Å². The summed E-state index contributed by atoms with van der Waals surface area (Å²) in [6.45, 7) is 7.03. The first-order valence-corrected chi connectivity index (χ1v) is 8.20. The molecule has 0 aliphatic heterocycles. The number of aryl methyl sites for hydroxylation is 2. The van der Waals surface area contributed by atoms with Gasteiger partial charge in [0, 0.05) is 12.1 Å². The first kappa shape index (κ1) is 18.8. The second-order valence-corrected chi connectivity index (χ2v) is 6.80. The summed E-state index contributed by atoms with van der Waals surface area (Å²) >= 11 is 0. The first-order chi connectivity index (χ1) is 11.7. The molecule has 1 atom stereocenters. The van der Waals surface area contributed by atoms with Gasteiger partial charge in [-0.1, -0.05) is 18.2 Å². The van der Waals surface area contributed by atoms with Crippen molar-refractivity contribution in [2.24, 2.45) is 0 Å². The average Bonchev–Trinajstić information content (AvgIpc) is 2.47. The number of hydrogen-bond donors (Lipinski definition) is 3. The van der Waals surface area contributed by atoms with E-state index in [1.54, 1.807) is 12.1 Å². The number of anilines is 1. The molecule has 0 saturated heterocycles. The molecule has 0 saturated carbocycles. The van der Waals surface area contributed by atoms with E-state index >= 15 is 0 Å². The maximum Gasteiger partial charge on any atom is 0.347 e. The van der Waals surface area contributed by atoms with Crippen LogP contribution in [-0.2, 0) is 11.2 Å². The Hall–Kier alpha value is -2.53. The van der Waals surface area contributed by atoms with Crippen LogP contribution >= 0.6 is 0 Å². The topological polar surface area (TPSA) is 78.8 Å². The number of nitrogens with one attached hydrogen (secondary N) is 1. The summed E-state index contributed by atoms with van der Waals surface area (Å²) in [5.74, 6) is -0.544. The summed E-state index contributed by atoms with van der Waals surface area (Å²) in [5.41, 5.74) is 2.79. The smallest absolute Gasteiger partial charge is 0.347 e. The highest BCUT2D eigenvalue weighted by Gasteiger charge is 2.29. The normalized spacial score (nSPS) is 12.5. The summed E-state index contributed by atoms with van der Waals surface area (Å²) in [5, 5.41) is 22.4. The molecular weight excluding hydrogens is 318 g/mol. The Balaban J connectivity index is 1.97. The first-order valence-electron chi connectivity index (χ1n) is 8.20. The Morgan fingerprint density at radius 1 is 1.12 bits per heavy atom. The molecule has 0 aliphatic rings. The van der Waals surface area contributed by atoms with Gasteiger partial charge < -0.3 is 20.3 Å². The van der Waals surface area contributed by atoms with Gasteiger partial charge in [0.25, 0.3) is 0 Å². The lowest BCUT2D eigenvalue weighted by Crippen LogP contribution is -2.37. The lowest BCUT2D eigenvalue weighted by Gasteiger charge is -2.21. The van der Waals surface area contributed by atoms with Crippen LogP contribution in [0.4, 0.5) is 5.69 Å². The molecule has 0 aromatic heterocycles. The summed E-state index contributed by atoms with van der Waals surface area (Å²) in [6, 6.07) is 13.1. The highest BCUT2D eigenvalue weighted by molar-refractivity contribution is 5.76. The van der Waals surface area contributed by atoms with Crippen LogP contribution in [-0.4, -0.2) is 28.0 Å². The lowest BCUT2D eigenvalue weighted by molar-refractivity contribution is -0.152. The van der Waals surface area contributed by atoms with Crippen molar-refractivity contribution in [3.63, 3.8) is 0 Å². The van der Waals surface area contributed by atoms with E-state index in [9.17, 15) is 9.90 Å². The third-order valence-corrected chi connectivity index (χ3v) is 3.80. The van der Waals surface area contributed by atoms with E-state index in [0.717, 1.165) is 22.4 Å². The summed E-state index contributed by atoms with van der Waals surface area (Å²) in [7, 11) is 0. The molecule has 0 amide bonds. The fraction of sp³-hybridized carbons (Fsp3) is 0.350. The molecule has 5 nitrogen and oxygen atoms in total. The molecule has 1 unspecified atom stereocenters. The van der Waals surface area contributed by atoms with Gasteiger partial charge >= 0.3 is 5.97 Å². The van der Waals surface area contributed by atoms with E-state index in [1.165, 1.54) is 13.8 Å². The number of ether oxygens (including phenoxy) is 1. The molecule has 3 N–H and O–H groups in total. The number of carbonyl (C=O) groups is 1. The number of aliphatic hydroxyl groups excluding tert-OH is 1. The van der Waals surface area contributed by atoms with E-state index in [2.05, 4.69) is 11.4 Å². The van der Waals surface area contributed by atoms with Crippen molar-refractivity contribution >= 4 is 11.7 Å². The van der Waals surface area contributed by atoms with Crippen molar-refractivity contribution in [3.05, 3.63) is 59.2 Å². The van der Waals surface area contributed by atoms with Crippen LogP contribution in [0.25, 0.3) is 0 Å². The van der Waals surface area contributed by atoms with Crippen molar-refractivity contribution in [2.45, 2.75) is 45.9 Å². The molecule has 2 aromatic carbocycles. The summed E-state index contributed by atoms with van der Waals surface area (Å²) < 4.78 is 5.47. The lowest BCUT2D eigenvalue weighted by atomic mass is 10.1. The van der Waals surface area contributed by atoms with Crippen LogP contribution in [0.5, 0.6) is 5.75 Å². The molecular formula is C20H25NO4. The minimum absolute atomic E-state index is 0.426. The highest BCUT2D eigenvalue weighted by Crippen LogP contribution is 2.20. The molecule has 0 spiro atoms. The van der Waals surface area contributed by atoms with Gasteiger partial charge in [-0.3, -0.25) is 0 Å². The molecule has 0 fully saturated rings. The molecule has 0 aliphatic carbocycles. The fourth-order valence-electron chi connectivity index (χ4n) is 2.56. The standard InChI is InChI=1S/C20H25NO4/c1-13-9-14(2)11-16(10-13)21-18(22)12-15-5-7-17(8-6-15)25-20(3,4)19(23)24/h5-11,18,21-22H,12H2,1-4H3,(H,23,24). The number of rotatable bonds is 7. The summed E-state index contributed by atoms with van der Waals surface area (Å²) in [6.07, 6.45) is -0.293. The number of aliphatic carboxylic acids is 1. The molecule has 0 bridgehead atoms. The number of carboxylic acids is 1. The van der Waals surface area contributed by atoms with E-state index in [1.807, 2.05) is 38.1 Å². The second-order valence-electron chi connectivity index (χ2n) is 6.80. The second kappa shape index (κ2) is 7.57. The predicted molar refractivity (Wildman–Crippen MR) is 98.0 cm³/mol. The van der Waals surface area contributed by atoms with E-state index < -0.39 is 17.8 Å². The quantitative estimate of drug-likeness (QED) is 0.671. The zero-order valence-corrected chi connectivity index (χ0v) is 15.0. The Labute approximate surface area is 148 Å². The van der Waals surface area contributed by atoms with Crippen LogP contribution in [0.2, 0.25) is 0 Å². The maximum atomic E-state index is 11.1. The van der Waals surface area contributed by atoms with Crippen molar-refractivity contribution in [1.29, 1.82) is 0 Å². The Morgan fingerprint density at radius 2 is 1.68 bits per heavy atom. The largest absolute Gasteiger partial charge is 0.478 e. The predicted octanol–water partition coefficient (Wildman–Crippen LogP) is 3.52. The van der Waals surface area contributed by atoms with Gasteiger partial charge in [-0.15, -0.1) is 0 Å². The molecule has 0 heterocycles. The summed E-state index contributed by atoms with van der Waals surface area (Å²) in [4.78, 5) is 11.1. The van der Waals surface area contributed by atoms with Crippen LogP contribution < -0.4 is 10.1 Å². The van der Waals surface area contributed by atoms with E-state index in [4.69, 9.17) is 9.84 Å². The van der Waals surface area contributed by atoms with E-state index in [-0.39, 0.29) is 0 Å². The number of benzene rings is 2. The average molecular weight is 343 g/mol. The Morgan fingerprint density at radius 3 is 2.20 bits per heavy atom. The van der Waals surface area contributed by atoms with Gasteiger partial charge in [0.2, 0.25) is 0 Å². The zero-order chi connectivity index (χ0) is 18.6. The molecule has 134 valence electrons. The van der Waals surface area contributed by atoms with Crippen molar-refractivity contribution in [2.75, 3.05) is 5.32 Å². The monoisotopic (exact) mass is 343 g/mol. The number of carboxylic acid groups (broad SMARTS) is 1. The molecule has 25 heavy (non-hydrogen) atoms. The third-order valence-electron chi connectivity index (χ3n) is 3.80. The van der Waals surface area contributed by atoms with Gasteiger partial charge in [0.15, 0.2) is 5.60 Å². The minimum atomic E-state index is -1.29. The van der Waals surface area contributed by atoms with Gasteiger partial charge in [0.05, 0.1) is 0 Å². The molecule has 2 aromatic rings. The van der Waals surface area contributed by atoms with Gasteiger partial charge in [-0.2, -0.15) is 0 Å². The van der Waals surface area contributed by atoms with Crippen LogP contribution in [0.15, 0.2) is 42.5 Å². The third kappa shape index (κ3) is 5.50. The Kier molecular flexibility index (Phi) is 5.69. The minimum Gasteiger partial charge on any atom is -0.478 e. The number of aliphatic hydroxyl groups is 1. The molecule has 2 rings (SSSR count). The van der Waals surface area contributed by atoms with Crippen molar-refractivity contribution < 1.29 is 19.7 Å². The zero-order valence-electron chi connectivity index (χ0n) is 15.0. The maximum absolute atomic E-state index is 11.1.